The van der Waals surface area contributed by atoms with Crippen molar-refractivity contribution in [2.75, 3.05) is 13.1 Å². The average molecular weight is 146 g/mol. The number of aliphatic hydroxyl groups excluding tert-OH is 1. The molecule has 10 heavy (non-hydrogen) atoms. The molecule has 0 aliphatic carbocycles. The van der Waals surface area contributed by atoms with Crippen molar-refractivity contribution in [3.05, 3.63) is 0 Å². The lowest BCUT2D eigenvalue weighted by atomic mass is 10.2. The summed E-state index contributed by atoms with van der Waals surface area (Å²) in [6.07, 6.45) is -1.71. The maximum Gasteiger partial charge on any atom is 0.407 e. The Balaban J connectivity index is 2.36. The van der Waals surface area contributed by atoms with Crippen LogP contribution >= 0.6 is 0 Å². The van der Waals surface area contributed by atoms with Crippen LogP contribution in [-0.4, -0.2) is 36.5 Å². The van der Waals surface area contributed by atoms with Gasteiger partial charge in [0.05, 0.1) is 6.54 Å². The standard InChI is InChI=1S/C5H10N2O3/c6-1-3(8)4-2-7-5(9)10-4/h3-4,8H,1-2,6H2,(H,7,9)/t3-,4-/m0/s1. The van der Waals surface area contributed by atoms with Crippen molar-refractivity contribution in [2.24, 2.45) is 5.73 Å². The molecular weight excluding hydrogens is 136 g/mol. The molecular formula is C5H10N2O3. The molecule has 0 spiro atoms. The lowest BCUT2D eigenvalue weighted by Gasteiger charge is -2.12. The summed E-state index contributed by atoms with van der Waals surface area (Å²) in [4.78, 5) is 10.4. The number of nitrogens with one attached hydrogen (secondary N) is 1. The predicted octanol–water partition coefficient (Wildman–Crippen LogP) is -1.59. The van der Waals surface area contributed by atoms with E-state index in [1.54, 1.807) is 0 Å². The first kappa shape index (κ1) is 7.30. The van der Waals surface area contributed by atoms with Crippen LogP contribution in [0.1, 0.15) is 0 Å². The summed E-state index contributed by atoms with van der Waals surface area (Å²) in [5, 5.41) is 11.4. The quantitative estimate of drug-likeness (QED) is 0.438. The van der Waals surface area contributed by atoms with E-state index < -0.39 is 18.3 Å². The number of nitrogens with two attached hydrogens (primary N) is 1. The summed E-state index contributed by atoms with van der Waals surface area (Å²) >= 11 is 0. The third-order valence-electron chi connectivity index (χ3n) is 1.38. The first-order chi connectivity index (χ1) is 4.74. The maximum absolute atomic E-state index is 10.4. The van der Waals surface area contributed by atoms with Crippen LogP contribution in [-0.2, 0) is 4.74 Å². The molecule has 1 aliphatic heterocycles. The van der Waals surface area contributed by atoms with E-state index in [4.69, 9.17) is 10.8 Å². The van der Waals surface area contributed by atoms with Crippen molar-refractivity contribution in [2.45, 2.75) is 12.2 Å². The van der Waals surface area contributed by atoms with Gasteiger partial charge in [-0.15, -0.1) is 0 Å². The Labute approximate surface area is 58.2 Å². The largest absolute Gasteiger partial charge is 0.442 e. The fourth-order valence-corrected chi connectivity index (χ4v) is 0.771. The molecule has 0 saturated carbocycles. The topological polar surface area (TPSA) is 84.6 Å². The van der Waals surface area contributed by atoms with E-state index in [1.807, 2.05) is 0 Å². The molecule has 2 atom stereocenters. The molecule has 0 radical (unpaired) electrons. The first-order valence-electron chi connectivity index (χ1n) is 3.06. The Morgan fingerprint density at radius 3 is 3.10 bits per heavy atom. The van der Waals surface area contributed by atoms with Crippen LogP contribution in [0.3, 0.4) is 0 Å². The number of amides is 1. The van der Waals surface area contributed by atoms with Crippen molar-refractivity contribution in [1.82, 2.24) is 5.32 Å². The van der Waals surface area contributed by atoms with Crippen LogP contribution in [0.25, 0.3) is 0 Å². The molecule has 0 bridgehead atoms. The number of hydrogen-bond acceptors (Lipinski definition) is 4. The molecule has 1 amide bonds. The van der Waals surface area contributed by atoms with Gasteiger partial charge in [0.1, 0.15) is 12.2 Å². The number of cyclic esters (lactones) is 1. The van der Waals surface area contributed by atoms with Gasteiger partial charge < -0.3 is 20.9 Å². The highest BCUT2D eigenvalue weighted by Crippen LogP contribution is 2.03. The summed E-state index contributed by atoms with van der Waals surface area (Å²) in [6.45, 7) is 0.455. The minimum atomic E-state index is -0.751. The highest BCUT2D eigenvalue weighted by atomic mass is 16.6. The average Bonchev–Trinajstić information content (AvgIpc) is 2.34. The third kappa shape index (κ3) is 1.37. The van der Waals surface area contributed by atoms with Gasteiger partial charge in [0, 0.05) is 6.54 Å². The SMILES string of the molecule is NC[C@H](O)[C@@H]1CNC(=O)O1. The molecule has 1 fully saturated rings. The van der Waals surface area contributed by atoms with Gasteiger partial charge in [-0.3, -0.25) is 0 Å². The summed E-state index contributed by atoms with van der Waals surface area (Å²) in [6, 6.07) is 0. The van der Waals surface area contributed by atoms with E-state index >= 15 is 0 Å². The second-order valence-corrected chi connectivity index (χ2v) is 2.13. The molecule has 0 aromatic heterocycles. The van der Waals surface area contributed by atoms with E-state index in [2.05, 4.69) is 10.1 Å². The fourth-order valence-electron chi connectivity index (χ4n) is 0.771. The zero-order valence-electron chi connectivity index (χ0n) is 5.41. The molecule has 0 unspecified atom stereocenters. The molecule has 4 N–H and O–H groups in total. The van der Waals surface area contributed by atoms with Gasteiger partial charge in [-0.25, -0.2) is 4.79 Å². The van der Waals surface area contributed by atoms with E-state index in [9.17, 15) is 4.79 Å². The number of carbonyl (C=O) groups is 1. The van der Waals surface area contributed by atoms with Gasteiger partial charge in [0.25, 0.3) is 0 Å². The Bertz CT molecular complexity index is 139. The lowest BCUT2D eigenvalue weighted by molar-refractivity contribution is 0.0380. The Morgan fingerprint density at radius 1 is 2.00 bits per heavy atom. The van der Waals surface area contributed by atoms with Crippen LogP contribution in [0, 0.1) is 0 Å². The Hall–Kier alpha value is -0.810. The van der Waals surface area contributed by atoms with Gasteiger partial charge >= 0.3 is 6.09 Å². The summed E-state index contributed by atoms with van der Waals surface area (Å²) in [7, 11) is 0. The van der Waals surface area contributed by atoms with Gasteiger partial charge in [0.15, 0.2) is 0 Å². The first-order valence-corrected chi connectivity index (χ1v) is 3.06. The van der Waals surface area contributed by atoms with Crippen molar-refractivity contribution in [3.63, 3.8) is 0 Å². The number of carbonyl (C=O) groups excluding carboxylic acids is 1. The maximum atomic E-state index is 10.4. The van der Waals surface area contributed by atoms with Gasteiger partial charge in [-0.1, -0.05) is 0 Å². The zero-order chi connectivity index (χ0) is 7.56. The minimum absolute atomic E-state index is 0.111. The van der Waals surface area contributed by atoms with E-state index in [-0.39, 0.29) is 6.54 Å². The fraction of sp³-hybridized carbons (Fsp3) is 0.800. The van der Waals surface area contributed by atoms with Crippen LogP contribution in [0.4, 0.5) is 4.79 Å². The van der Waals surface area contributed by atoms with Crippen molar-refractivity contribution in [1.29, 1.82) is 0 Å². The highest BCUT2D eigenvalue weighted by Gasteiger charge is 2.28. The monoisotopic (exact) mass is 146 g/mol. The second kappa shape index (κ2) is 2.85. The molecule has 5 heteroatoms. The summed E-state index contributed by atoms with van der Waals surface area (Å²) < 4.78 is 4.63. The predicted molar refractivity (Wildman–Crippen MR) is 33.3 cm³/mol. The molecule has 1 heterocycles. The van der Waals surface area contributed by atoms with Gasteiger partial charge in [-0.05, 0) is 0 Å². The lowest BCUT2D eigenvalue weighted by Crippen LogP contribution is -2.35. The molecule has 0 aromatic carbocycles. The van der Waals surface area contributed by atoms with Crippen molar-refractivity contribution >= 4 is 6.09 Å². The minimum Gasteiger partial charge on any atom is -0.442 e. The van der Waals surface area contributed by atoms with E-state index in [0.717, 1.165) is 0 Å². The summed E-state index contributed by atoms with van der Waals surface area (Å²) in [5.74, 6) is 0. The zero-order valence-corrected chi connectivity index (χ0v) is 5.41. The molecule has 1 aliphatic rings. The molecule has 58 valence electrons. The molecule has 1 saturated heterocycles. The number of rotatable bonds is 2. The summed E-state index contributed by atoms with van der Waals surface area (Å²) in [5.41, 5.74) is 5.13. The van der Waals surface area contributed by atoms with Crippen LogP contribution in [0.2, 0.25) is 0 Å². The van der Waals surface area contributed by atoms with Crippen LogP contribution in [0.15, 0.2) is 0 Å². The molecule has 5 nitrogen and oxygen atoms in total. The third-order valence-corrected chi connectivity index (χ3v) is 1.38. The van der Waals surface area contributed by atoms with E-state index in [0.29, 0.717) is 6.54 Å². The number of hydrogen-bond donors (Lipinski definition) is 3. The van der Waals surface area contributed by atoms with Crippen molar-refractivity contribution in [3.8, 4) is 0 Å². The smallest absolute Gasteiger partial charge is 0.407 e. The Kier molecular flexibility index (Phi) is 2.08. The number of alkyl carbamates (subject to hydrolysis) is 1. The van der Waals surface area contributed by atoms with E-state index in [1.165, 1.54) is 0 Å². The molecule has 1 rings (SSSR count). The molecule has 0 aromatic rings. The van der Waals surface area contributed by atoms with Gasteiger partial charge in [0.2, 0.25) is 0 Å². The number of aliphatic hydroxyl groups is 1. The number of ether oxygens (including phenoxy) is 1. The van der Waals surface area contributed by atoms with Crippen LogP contribution in [0.5, 0.6) is 0 Å². The highest BCUT2D eigenvalue weighted by molar-refractivity contribution is 5.69. The second-order valence-electron chi connectivity index (χ2n) is 2.13. The van der Waals surface area contributed by atoms with Crippen molar-refractivity contribution < 1.29 is 14.6 Å². The Morgan fingerprint density at radius 2 is 2.70 bits per heavy atom. The van der Waals surface area contributed by atoms with Gasteiger partial charge in [-0.2, -0.15) is 0 Å². The normalized spacial score (nSPS) is 27.4. The van der Waals surface area contributed by atoms with Crippen LogP contribution < -0.4 is 11.1 Å².